The van der Waals surface area contributed by atoms with Gasteiger partial charge in [0.25, 0.3) is 0 Å². The number of likely N-dealkylation sites (tertiary alicyclic amines) is 2. The molecular formula is C21H35N5O. The lowest BCUT2D eigenvalue weighted by Gasteiger charge is -2.27. The number of furan rings is 1. The molecule has 1 aromatic heterocycles. The number of aliphatic imine (C=N–C) groups is 1. The minimum atomic E-state index is 0.277. The van der Waals surface area contributed by atoms with Crippen LogP contribution >= 0.6 is 0 Å². The molecule has 4 rings (SSSR count). The Morgan fingerprint density at radius 3 is 2.70 bits per heavy atom. The molecule has 3 aliphatic rings. The van der Waals surface area contributed by atoms with Crippen molar-refractivity contribution >= 4 is 5.96 Å². The molecule has 2 aliphatic heterocycles. The van der Waals surface area contributed by atoms with E-state index in [9.17, 15) is 0 Å². The lowest BCUT2D eigenvalue weighted by molar-refractivity contribution is 0.215. The van der Waals surface area contributed by atoms with Gasteiger partial charge in [-0.1, -0.05) is 12.8 Å². The SMILES string of the molecule is CN=C(NCC(c1ccco1)N1CCCC1)NC1CCN(C2CCCC2)C1. The zero-order valence-corrected chi connectivity index (χ0v) is 16.7. The second-order valence-electron chi connectivity index (χ2n) is 8.29. The van der Waals surface area contributed by atoms with Crippen molar-refractivity contribution in [3.8, 4) is 0 Å². The Kier molecular flexibility index (Phi) is 6.35. The van der Waals surface area contributed by atoms with Crippen molar-refractivity contribution in [1.82, 2.24) is 20.4 Å². The first-order valence-electron chi connectivity index (χ1n) is 10.8. The van der Waals surface area contributed by atoms with Gasteiger partial charge in [0, 0.05) is 38.8 Å². The fourth-order valence-electron chi connectivity index (χ4n) is 5.03. The highest BCUT2D eigenvalue weighted by Crippen LogP contribution is 2.27. The van der Waals surface area contributed by atoms with E-state index in [0.29, 0.717) is 6.04 Å². The van der Waals surface area contributed by atoms with Crippen LogP contribution in [0.4, 0.5) is 0 Å². The van der Waals surface area contributed by atoms with Crippen molar-refractivity contribution in [3.05, 3.63) is 24.2 Å². The van der Waals surface area contributed by atoms with Gasteiger partial charge in [-0.25, -0.2) is 0 Å². The molecule has 3 heterocycles. The second-order valence-corrected chi connectivity index (χ2v) is 8.29. The molecule has 1 saturated carbocycles. The van der Waals surface area contributed by atoms with Crippen molar-refractivity contribution in [2.45, 2.75) is 63.1 Å². The molecule has 2 atom stereocenters. The molecule has 6 nitrogen and oxygen atoms in total. The van der Waals surface area contributed by atoms with E-state index in [1.54, 1.807) is 6.26 Å². The molecule has 3 fully saturated rings. The van der Waals surface area contributed by atoms with Crippen LogP contribution in [0.15, 0.2) is 27.8 Å². The van der Waals surface area contributed by atoms with E-state index in [2.05, 4.69) is 31.5 Å². The molecule has 2 unspecified atom stereocenters. The van der Waals surface area contributed by atoms with Gasteiger partial charge in [0.2, 0.25) is 0 Å². The van der Waals surface area contributed by atoms with E-state index in [0.717, 1.165) is 43.9 Å². The van der Waals surface area contributed by atoms with Crippen LogP contribution in [0.2, 0.25) is 0 Å². The molecule has 1 aliphatic carbocycles. The molecule has 2 N–H and O–H groups in total. The number of nitrogens with zero attached hydrogens (tertiary/aromatic N) is 3. The normalized spacial score (nSPS) is 26.7. The maximum Gasteiger partial charge on any atom is 0.191 e. The van der Waals surface area contributed by atoms with Crippen molar-refractivity contribution in [2.75, 3.05) is 39.8 Å². The average Bonchev–Trinajstić information content (AvgIpc) is 3.49. The van der Waals surface area contributed by atoms with Crippen molar-refractivity contribution in [2.24, 2.45) is 4.99 Å². The van der Waals surface area contributed by atoms with Gasteiger partial charge in [-0.2, -0.15) is 0 Å². The molecule has 0 bridgehead atoms. The van der Waals surface area contributed by atoms with Gasteiger partial charge in [-0.15, -0.1) is 0 Å². The third-order valence-corrected chi connectivity index (χ3v) is 6.54. The Morgan fingerprint density at radius 1 is 1.19 bits per heavy atom. The van der Waals surface area contributed by atoms with Crippen molar-refractivity contribution in [3.63, 3.8) is 0 Å². The maximum absolute atomic E-state index is 5.73. The number of rotatable bonds is 6. The first-order chi connectivity index (χ1) is 13.3. The summed E-state index contributed by atoms with van der Waals surface area (Å²) in [6, 6.07) is 5.69. The summed E-state index contributed by atoms with van der Waals surface area (Å²) in [5.74, 6) is 1.97. The Balaban J connectivity index is 1.29. The molecule has 150 valence electrons. The Bertz CT molecular complexity index is 590. The van der Waals surface area contributed by atoms with Crippen LogP contribution in [-0.4, -0.2) is 67.6 Å². The molecule has 2 saturated heterocycles. The van der Waals surface area contributed by atoms with Gasteiger partial charge in [0.15, 0.2) is 5.96 Å². The van der Waals surface area contributed by atoms with Gasteiger partial charge in [0.05, 0.1) is 12.3 Å². The summed E-state index contributed by atoms with van der Waals surface area (Å²) in [4.78, 5) is 9.69. The zero-order chi connectivity index (χ0) is 18.5. The summed E-state index contributed by atoms with van der Waals surface area (Å²) in [6.07, 6.45) is 11.2. The van der Waals surface area contributed by atoms with E-state index in [-0.39, 0.29) is 6.04 Å². The molecule has 6 heteroatoms. The minimum absolute atomic E-state index is 0.277. The van der Waals surface area contributed by atoms with Crippen LogP contribution in [0.1, 0.15) is 56.7 Å². The molecule has 0 aromatic carbocycles. The van der Waals surface area contributed by atoms with E-state index in [4.69, 9.17) is 4.42 Å². The predicted octanol–water partition coefficient (Wildman–Crippen LogP) is 2.60. The summed E-state index contributed by atoms with van der Waals surface area (Å²) in [5, 5.41) is 7.22. The van der Waals surface area contributed by atoms with Crippen LogP contribution in [0.25, 0.3) is 0 Å². The number of hydrogen-bond donors (Lipinski definition) is 2. The van der Waals surface area contributed by atoms with E-state index >= 15 is 0 Å². The van der Waals surface area contributed by atoms with Gasteiger partial charge in [-0.3, -0.25) is 14.8 Å². The van der Waals surface area contributed by atoms with Gasteiger partial charge < -0.3 is 15.1 Å². The largest absolute Gasteiger partial charge is 0.468 e. The number of hydrogen-bond acceptors (Lipinski definition) is 4. The van der Waals surface area contributed by atoms with Crippen LogP contribution in [0.3, 0.4) is 0 Å². The third-order valence-electron chi connectivity index (χ3n) is 6.54. The second kappa shape index (κ2) is 9.11. The summed E-state index contributed by atoms with van der Waals surface area (Å²) < 4.78 is 5.73. The zero-order valence-electron chi connectivity index (χ0n) is 16.7. The molecule has 0 radical (unpaired) electrons. The number of guanidine groups is 1. The lowest BCUT2D eigenvalue weighted by atomic mass is 10.2. The summed E-state index contributed by atoms with van der Waals surface area (Å²) in [6.45, 7) is 5.50. The highest BCUT2D eigenvalue weighted by Gasteiger charge is 2.31. The average molecular weight is 374 g/mol. The summed E-state index contributed by atoms with van der Waals surface area (Å²) >= 11 is 0. The predicted molar refractivity (Wildman–Crippen MR) is 109 cm³/mol. The highest BCUT2D eigenvalue weighted by molar-refractivity contribution is 5.80. The summed E-state index contributed by atoms with van der Waals surface area (Å²) in [7, 11) is 1.87. The highest BCUT2D eigenvalue weighted by atomic mass is 16.3. The fraction of sp³-hybridized carbons (Fsp3) is 0.762. The minimum Gasteiger partial charge on any atom is -0.468 e. The first-order valence-corrected chi connectivity index (χ1v) is 10.8. The van der Waals surface area contributed by atoms with Crippen LogP contribution in [-0.2, 0) is 0 Å². The van der Waals surface area contributed by atoms with E-state index < -0.39 is 0 Å². The van der Waals surface area contributed by atoms with Crippen molar-refractivity contribution in [1.29, 1.82) is 0 Å². The molecule has 0 amide bonds. The topological polar surface area (TPSA) is 56.0 Å². The van der Waals surface area contributed by atoms with Crippen molar-refractivity contribution < 1.29 is 4.42 Å². The monoisotopic (exact) mass is 373 g/mol. The quantitative estimate of drug-likeness (QED) is 0.593. The van der Waals surface area contributed by atoms with Crippen LogP contribution in [0, 0.1) is 0 Å². The molecule has 1 aromatic rings. The molecule has 27 heavy (non-hydrogen) atoms. The Morgan fingerprint density at radius 2 is 2.00 bits per heavy atom. The van der Waals surface area contributed by atoms with Gasteiger partial charge >= 0.3 is 0 Å². The molecular weight excluding hydrogens is 338 g/mol. The lowest BCUT2D eigenvalue weighted by Crippen LogP contribution is -2.47. The van der Waals surface area contributed by atoms with Crippen LogP contribution < -0.4 is 10.6 Å². The Labute approximate surface area is 163 Å². The molecule has 0 spiro atoms. The summed E-state index contributed by atoms with van der Waals surface area (Å²) in [5.41, 5.74) is 0. The van der Waals surface area contributed by atoms with Gasteiger partial charge in [0.1, 0.15) is 5.76 Å². The van der Waals surface area contributed by atoms with E-state index in [1.165, 1.54) is 51.5 Å². The fourth-order valence-corrected chi connectivity index (χ4v) is 5.03. The van der Waals surface area contributed by atoms with Gasteiger partial charge in [-0.05, 0) is 57.3 Å². The maximum atomic E-state index is 5.73. The van der Waals surface area contributed by atoms with E-state index in [1.807, 2.05) is 13.1 Å². The van der Waals surface area contributed by atoms with Crippen LogP contribution in [0.5, 0.6) is 0 Å². The number of nitrogens with one attached hydrogen (secondary N) is 2. The standard InChI is InChI=1S/C21H35N5O/c1-22-21(24-17-10-13-26(16-17)18-7-2-3-8-18)23-15-19(20-9-6-14-27-20)25-11-4-5-12-25/h6,9,14,17-19H,2-5,7-8,10-13,15-16H2,1H3,(H2,22,23,24). The smallest absolute Gasteiger partial charge is 0.191 e. The first kappa shape index (κ1) is 18.8. The third kappa shape index (κ3) is 4.66. The Hall–Kier alpha value is -1.53.